The van der Waals surface area contributed by atoms with Crippen LogP contribution in [0.3, 0.4) is 0 Å². The minimum absolute atomic E-state index is 0.0937. The fraction of sp³-hybridized carbons (Fsp3) is 0.417. The molecule has 1 aliphatic rings. The van der Waals surface area contributed by atoms with Crippen LogP contribution in [0.2, 0.25) is 6.32 Å². The summed E-state index contributed by atoms with van der Waals surface area (Å²) >= 11 is 0. The molecule has 2 N–H and O–H groups in total. The molecule has 0 bridgehead atoms. The smallest absolute Gasteiger partial charge is 0.276 e. The summed E-state index contributed by atoms with van der Waals surface area (Å²) in [5.74, 6) is 2.79. The number of nitriles is 1. The highest BCUT2D eigenvalue weighted by Gasteiger charge is 2.33. The second kappa shape index (κ2) is 4.50. The molecule has 0 aromatic heterocycles. The molecule has 76 valence electrons. The molecule has 2 rings (SSSR count). The maximum atomic E-state index is 9.13. The normalized spacial score (nSPS) is 26.0. The van der Waals surface area contributed by atoms with Crippen LogP contribution in [0.5, 0.6) is 0 Å². The van der Waals surface area contributed by atoms with Crippen molar-refractivity contribution in [1.29, 1.82) is 5.26 Å². The third-order valence-electron chi connectivity index (χ3n) is 3.28. The lowest BCUT2D eigenvalue weighted by atomic mass is 9.35. The van der Waals surface area contributed by atoms with Crippen LogP contribution in [-0.2, 0) is 0 Å². The van der Waals surface area contributed by atoms with Crippen LogP contribution in [0.25, 0.3) is 0 Å². The van der Waals surface area contributed by atoms with E-state index < -0.39 is 0 Å². The molecule has 0 aliphatic carbocycles. The average Bonchev–Trinajstić information content (AvgIpc) is 2.30. The van der Waals surface area contributed by atoms with E-state index in [1.807, 2.05) is 18.2 Å². The van der Waals surface area contributed by atoms with Crippen molar-refractivity contribution in [3.8, 4) is 5.97 Å². The minimum atomic E-state index is 0.0937. The van der Waals surface area contributed by atoms with Crippen LogP contribution in [0.1, 0.15) is 24.2 Å². The first kappa shape index (κ1) is 10.3. The second-order valence-corrected chi connectivity index (χ2v) is 4.33. The van der Waals surface area contributed by atoms with Gasteiger partial charge in [-0.2, -0.15) is 0 Å². The molecule has 1 fully saturated rings. The molecule has 0 saturated carbocycles. The molecular weight excluding hydrogens is 183 g/mol. The van der Waals surface area contributed by atoms with Crippen LogP contribution in [0.15, 0.2) is 30.3 Å². The van der Waals surface area contributed by atoms with Crippen molar-refractivity contribution in [1.82, 2.24) is 0 Å². The van der Waals surface area contributed by atoms with Gasteiger partial charge in [0.05, 0.1) is 0 Å². The van der Waals surface area contributed by atoms with Gasteiger partial charge >= 0.3 is 0 Å². The number of rotatable bonds is 1. The molecule has 3 heteroatoms. The van der Waals surface area contributed by atoms with Gasteiger partial charge in [-0.3, -0.25) is 0 Å². The molecule has 1 aromatic carbocycles. The van der Waals surface area contributed by atoms with Crippen LogP contribution in [0.4, 0.5) is 0 Å². The standard InChI is InChI=1S/C12H15BN2/c14-9-13-8-11(15)6-7-12(13)10-4-2-1-3-5-10/h1-5,11-12H,6-8,15H2. The predicted octanol–water partition coefficient (Wildman–Crippen LogP) is 1.99. The summed E-state index contributed by atoms with van der Waals surface area (Å²) in [4.78, 5) is 0. The van der Waals surface area contributed by atoms with Crippen LogP contribution >= 0.6 is 0 Å². The highest BCUT2D eigenvalue weighted by Crippen LogP contribution is 2.31. The third kappa shape index (κ3) is 2.22. The van der Waals surface area contributed by atoms with E-state index in [1.54, 1.807) is 0 Å². The van der Waals surface area contributed by atoms with Gasteiger partial charge in [0, 0.05) is 5.97 Å². The molecular formula is C12H15BN2. The Balaban J connectivity index is 2.19. The number of benzene rings is 1. The first-order valence-electron chi connectivity index (χ1n) is 5.51. The van der Waals surface area contributed by atoms with E-state index in [4.69, 9.17) is 11.0 Å². The van der Waals surface area contributed by atoms with Crippen molar-refractivity contribution < 1.29 is 0 Å². The van der Waals surface area contributed by atoms with Crippen molar-refractivity contribution >= 4 is 6.71 Å². The number of nitrogens with zero attached hydrogens (tertiary/aromatic N) is 1. The zero-order valence-electron chi connectivity index (χ0n) is 8.76. The first-order chi connectivity index (χ1) is 7.31. The van der Waals surface area contributed by atoms with Gasteiger partial charge < -0.3 is 5.73 Å². The summed E-state index contributed by atoms with van der Waals surface area (Å²) in [7, 11) is 0. The molecule has 1 aliphatic heterocycles. The lowest BCUT2D eigenvalue weighted by Gasteiger charge is -2.28. The fourth-order valence-electron chi connectivity index (χ4n) is 2.44. The van der Waals surface area contributed by atoms with Gasteiger partial charge in [-0.1, -0.05) is 42.3 Å². The largest absolute Gasteiger partial charge is 0.328 e. The summed E-state index contributed by atoms with van der Waals surface area (Å²) < 4.78 is 0. The van der Waals surface area contributed by atoms with E-state index in [2.05, 4.69) is 18.1 Å². The molecule has 15 heavy (non-hydrogen) atoms. The van der Waals surface area contributed by atoms with E-state index in [0.717, 1.165) is 19.2 Å². The summed E-state index contributed by atoms with van der Waals surface area (Å²) in [5.41, 5.74) is 7.18. The Kier molecular flexibility index (Phi) is 3.08. The Bertz CT molecular complexity index is 358. The Morgan fingerprint density at radius 2 is 2.00 bits per heavy atom. The quantitative estimate of drug-likeness (QED) is 0.701. The highest BCUT2D eigenvalue weighted by atomic mass is 14.6. The Morgan fingerprint density at radius 1 is 1.27 bits per heavy atom. The van der Waals surface area contributed by atoms with E-state index in [-0.39, 0.29) is 12.8 Å². The van der Waals surface area contributed by atoms with Crippen LogP contribution < -0.4 is 5.73 Å². The highest BCUT2D eigenvalue weighted by molar-refractivity contribution is 6.68. The topological polar surface area (TPSA) is 49.8 Å². The van der Waals surface area contributed by atoms with Gasteiger partial charge in [-0.25, -0.2) is 5.26 Å². The van der Waals surface area contributed by atoms with Gasteiger partial charge in [-0.05, 0) is 24.6 Å². The Hall–Kier alpha value is -1.27. The molecule has 0 radical (unpaired) electrons. The van der Waals surface area contributed by atoms with Gasteiger partial charge in [0.15, 0.2) is 0 Å². The van der Waals surface area contributed by atoms with Crippen molar-refractivity contribution in [2.24, 2.45) is 5.73 Å². The lowest BCUT2D eigenvalue weighted by molar-refractivity contribution is 0.572. The average molecular weight is 198 g/mol. The zero-order valence-corrected chi connectivity index (χ0v) is 8.76. The van der Waals surface area contributed by atoms with Crippen molar-refractivity contribution in [3.05, 3.63) is 35.9 Å². The van der Waals surface area contributed by atoms with Gasteiger partial charge in [-0.15, -0.1) is 0 Å². The monoisotopic (exact) mass is 198 g/mol. The first-order valence-corrected chi connectivity index (χ1v) is 5.51. The molecule has 2 atom stereocenters. The van der Waals surface area contributed by atoms with Gasteiger partial charge in [0.1, 0.15) is 0 Å². The van der Waals surface area contributed by atoms with Crippen molar-refractivity contribution in [2.75, 3.05) is 0 Å². The zero-order chi connectivity index (χ0) is 10.7. The number of hydrogen-bond acceptors (Lipinski definition) is 2. The van der Waals surface area contributed by atoms with Crippen molar-refractivity contribution in [2.45, 2.75) is 31.0 Å². The minimum Gasteiger partial charge on any atom is -0.328 e. The summed E-state index contributed by atoms with van der Waals surface area (Å²) in [5, 5.41) is 9.13. The summed E-state index contributed by atoms with van der Waals surface area (Å²) in [6, 6.07) is 10.5. The summed E-state index contributed by atoms with van der Waals surface area (Å²) in [6.45, 7) is 0.0937. The molecule has 0 amide bonds. The van der Waals surface area contributed by atoms with Gasteiger partial charge in [0.25, 0.3) is 6.71 Å². The number of hydrogen-bond donors (Lipinski definition) is 1. The van der Waals surface area contributed by atoms with E-state index in [1.165, 1.54) is 5.56 Å². The van der Waals surface area contributed by atoms with E-state index in [9.17, 15) is 0 Å². The van der Waals surface area contributed by atoms with Crippen LogP contribution in [-0.4, -0.2) is 12.8 Å². The third-order valence-corrected chi connectivity index (χ3v) is 3.28. The summed E-state index contributed by atoms with van der Waals surface area (Å²) in [6.07, 6.45) is 2.93. The molecule has 1 saturated heterocycles. The SMILES string of the molecule is N#CB1CC(N)CCC1c1ccccc1. The van der Waals surface area contributed by atoms with Gasteiger partial charge in [0.2, 0.25) is 0 Å². The Labute approximate surface area is 91.2 Å². The molecule has 2 unspecified atom stereocenters. The lowest BCUT2D eigenvalue weighted by Crippen LogP contribution is -2.37. The Morgan fingerprint density at radius 3 is 2.67 bits per heavy atom. The maximum Gasteiger partial charge on any atom is 0.276 e. The maximum absolute atomic E-state index is 9.13. The molecule has 1 heterocycles. The second-order valence-electron chi connectivity index (χ2n) is 4.33. The molecule has 1 aromatic rings. The predicted molar refractivity (Wildman–Crippen MR) is 62.6 cm³/mol. The van der Waals surface area contributed by atoms with E-state index in [0.29, 0.717) is 5.82 Å². The fourth-order valence-corrected chi connectivity index (χ4v) is 2.44. The van der Waals surface area contributed by atoms with Crippen LogP contribution in [0, 0.1) is 11.2 Å². The molecule has 0 spiro atoms. The van der Waals surface area contributed by atoms with Crippen molar-refractivity contribution in [3.63, 3.8) is 0 Å². The molecule has 2 nitrogen and oxygen atoms in total. The number of nitrogens with two attached hydrogens (primary N) is 1. The van der Waals surface area contributed by atoms with E-state index >= 15 is 0 Å².